The Hall–Kier alpha value is -1.05. The predicted octanol–water partition coefficient (Wildman–Crippen LogP) is 4.09. The second kappa shape index (κ2) is 7.31. The largest absolute Gasteiger partial charge is 0.347 e. The molecule has 0 saturated heterocycles. The van der Waals surface area contributed by atoms with Crippen LogP contribution in [0.5, 0.6) is 0 Å². The number of carbonyl (C=O) groups is 1. The van der Waals surface area contributed by atoms with Gasteiger partial charge in [0.2, 0.25) is 5.91 Å². The normalized spacial score (nSPS) is 27.4. The molecule has 1 amide bonds. The van der Waals surface area contributed by atoms with Crippen molar-refractivity contribution >= 4 is 5.91 Å². The van der Waals surface area contributed by atoms with Crippen molar-refractivity contribution in [2.24, 2.45) is 5.92 Å². The molecule has 2 nitrogen and oxygen atoms in total. The molecule has 1 N–H and O–H groups in total. The van der Waals surface area contributed by atoms with Crippen LogP contribution >= 0.6 is 0 Å². The van der Waals surface area contributed by atoms with Gasteiger partial charge in [0, 0.05) is 14.3 Å². The Balaban J connectivity index is 0. The molecule has 0 radical (unpaired) electrons. The molecule has 0 heterocycles. The number of amides is 1. The molecule has 0 aromatic rings. The maximum Gasteiger partial charge on any atom is 0.217 e. The third kappa shape index (κ3) is 4.03. The molecule has 1 saturated carbocycles. The van der Waals surface area contributed by atoms with Crippen LogP contribution in [0.2, 0.25) is 0 Å². The number of carbonyl (C=O) groups excluding carboxylic acids is 1. The van der Waals surface area contributed by atoms with Gasteiger partial charge in [-0.15, -0.1) is 0 Å². The summed E-state index contributed by atoms with van der Waals surface area (Å²) in [6, 6.07) is 0. The van der Waals surface area contributed by atoms with E-state index in [0.29, 0.717) is 5.92 Å². The summed E-state index contributed by atoms with van der Waals surface area (Å²) < 4.78 is 0. The lowest BCUT2D eigenvalue weighted by Gasteiger charge is -2.16. The molecule has 100 valence electrons. The summed E-state index contributed by atoms with van der Waals surface area (Å²) in [7, 11) is 0. The molecule has 17 heavy (non-hydrogen) atoms. The zero-order valence-electron chi connectivity index (χ0n) is 12.1. The molecule has 0 bridgehead atoms. The zero-order valence-corrected chi connectivity index (χ0v) is 12.1. The number of hydrogen-bond donors (Lipinski definition) is 1. The monoisotopic (exact) mass is 239 g/mol. The maximum atomic E-state index is 10.9. The van der Waals surface area contributed by atoms with Gasteiger partial charge in [-0.1, -0.05) is 58.4 Å². The summed E-state index contributed by atoms with van der Waals surface area (Å²) in [5.41, 5.74) is 1.38. The molecule has 0 aliphatic heterocycles. The minimum atomic E-state index is -0.00942. The second-order valence-corrected chi connectivity index (χ2v) is 3.96. The Morgan fingerprint density at radius 1 is 1.47 bits per heavy atom. The molecule has 2 unspecified atom stereocenters. The average Bonchev–Trinajstić information content (AvgIpc) is 3.05. The van der Waals surface area contributed by atoms with Crippen molar-refractivity contribution in [1.29, 1.82) is 0 Å². The van der Waals surface area contributed by atoms with Crippen LogP contribution in [0.4, 0.5) is 0 Å². The third-order valence-electron chi connectivity index (χ3n) is 2.89. The lowest BCUT2D eigenvalue weighted by Crippen LogP contribution is -2.35. The number of fused-ring (bicyclic) bond motifs is 1. The van der Waals surface area contributed by atoms with E-state index >= 15 is 0 Å². The highest BCUT2D eigenvalue weighted by Crippen LogP contribution is 2.49. The van der Waals surface area contributed by atoms with Gasteiger partial charge >= 0.3 is 0 Å². The standard InChI is InChI=1S/C11H15NO.2C2H6.H2/c1-3-9-4-5-11(12-8(2)13)7-10(11)6-9;2*1-2;/h4-6,10H,3,7H2,1-2H3,(H,12,13);2*1-2H3;1H. The Morgan fingerprint density at radius 3 is 2.47 bits per heavy atom. The SMILES string of the molecule is CC.CC.CCC1=CC2CC2(NC(C)=O)C=C1.[HH]. The van der Waals surface area contributed by atoms with E-state index in [4.69, 9.17) is 0 Å². The molecule has 0 spiro atoms. The molecule has 0 aromatic heterocycles. The van der Waals surface area contributed by atoms with Gasteiger partial charge < -0.3 is 5.32 Å². The first-order chi connectivity index (χ1) is 8.16. The Morgan fingerprint density at radius 2 is 2.06 bits per heavy atom. The Bertz CT molecular complexity index is 310. The maximum absolute atomic E-state index is 10.9. The average molecular weight is 239 g/mol. The van der Waals surface area contributed by atoms with Gasteiger partial charge in [-0.05, 0) is 12.8 Å². The van der Waals surface area contributed by atoms with Crippen molar-refractivity contribution in [3.8, 4) is 0 Å². The van der Waals surface area contributed by atoms with Crippen molar-refractivity contribution in [2.45, 2.75) is 59.9 Å². The summed E-state index contributed by atoms with van der Waals surface area (Å²) in [5, 5.41) is 3.01. The van der Waals surface area contributed by atoms with Crippen LogP contribution in [0.25, 0.3) is 0 Å². The van der Waals surface area contributed by atoms with Crippen LogP contribution in [-0.2, 0) is 4.79 Å². The summed E-state index contributed by atoms with van der Waals surface area (Å²) in [5.74, 6) is 0.622. The van der Waals surface area contributed by atoms with Crippen molar-refractivity contribution in [2.75, 3.05) is 0 Å². The molecule has 2 atom stereocenters. The zero-order chi connectivity index (χ0) is 13.5. The van der Waals surface area contributed by atoms with Crippen molar-refractivity contribution in [3.05, 3.63) is 23.8 Å². The van der Waals surface area contributed by atoms with Crippen LogP contribution in [0, 0.1) is 5.92 Å². The van der Waals surface area contributed by atoms with Crippen LogP contribution < -0.4 is 5.32 Å². The van der Waals surface area contributed by atoms with Crippen LogP contribution in [0.1, 0.15) is 55.8 Å². The van der Waals surface area contributed by atoms with E-state index in [2.05, 4.69) is 30.5 Å². The molecule has 2 aliphatic rings. The molecule has 2 heteroatoms. The highest BCUT2D eigenvalue weighted by Gasteiger charge is 2.52. The van der Waals surface area contributed by atoms with E-state index in [0.717, 1.165) is 12.8 Å². The lowest BCUT2D eigenvalue weighted by atomic mass is 10.0. The van der Waals surface area contributed by atoms with Crippen LogP contribution in [0.15, 0.2) is 23.8 Å². The summed E-state index contributed by atoms with van der Waals surface area (Å²) in [4.78, 5) is 10.9. The van der Waals surface area contributed by atoms with Crippen LogP contribution in [-0.4, -0.2) is 11.4 Å². The summed E-state index contributed by atoms with van der Waals surface area (Å²) in [6.07, 6.45) is 8.74. The molecule has 1 fully saturated rings. The number of hydrogen-bond acceptors (Lipinski definition) is 1. The Kier molecular flexibility index (Phi) is 6.86. The first kappa shape index (κ1) is 16.0. The van der Waals surface area contributed by atoms with Gasteiger partial charge in [0.25, 0.3) is 0 Å². The van der Waals surface area contributed by atoms with Crippen molar-refractivity contribution < 1.29 is 6.22 Å². The fourth-order valence-electron chi connectivity index (χ4n) is 2.02. The molecule has 0 aromatic carbocycles. The van der Waals surface area contributed by atoms with Crippen LogP contribution in [0.3, 0.4) is 0 Å². The minimum absolute atomic E-state index is 0. The van der Waals surface area contributed by atoms with Crippen molar-refractivity contribution in [1.82, 2.24) is 5.32 Å². The van der Waals surface area contributed by atoms with Gasteiger partial charge in [-0.2, -0.15) is 0 Å². The third-order valence-corrected chi connectivity index (χ3v) is 2.89. The highest BCUT2D eigenvalue weighted by molar-refractivity contribution is 5.75. The number of rotatable bonds is 2. The summed E-state index contributed by atoms with van der Waals surface area (Å²) >= 11 is 0. The minimum Gasteiger partial charge on any atom is -0.347 e. The Labute approximate surface area is 108 Å². The van der Waals surface area contributed by atoms with E-state index in [1.54, 1.807) is 6.92 Å². The van der Waals surface area contributed by atoms with E-state index in [9.17, 15) is 4.79 Å². The second-order valence-electron chi connectivity index (χ2n) is 3.96. The van der Waals surface area contributed by atoms with E-state index < -0.39 is 0 Å². The van der Waals surface area contributed by atoms with E-state index in [1.165, 1.54) is 5.57 Å². The molecular formula is C15H29NO. The van der Waals surface area contributed by atoms with Crippen molar-refractivity contribution in [3.63, 3.8) is 0 Å². The number of allylic oxidation sites excluding steroid dienone is 2. The number of nitrogens with one attached hydrogen (secondary N) is 1. The van der Waals surface area contributed by atoms with Gasteiger partial charge in [0.15, 0.2) is 0 Å². The fourth-order valence-corrected chi connectivity index (χ4v) is 2.02. The molecular weight excluding hydrogens is 210 g/mol. The first-order valence-corrected chi connectivity index (χ1v) is 6.85. The predicted molar refractivity (Wildman–Crippen MR) is 77.0 cm³/mol. The van der Waals surface area contributed by atoms with Gasteiger partial charge in [0.05, 0.1) is 5.54 Å². The van der Waals surface area contributed by atoms with Gasteiger partial charge in [-0.3, -0.25) is 4.79 Å². The quantitative estimate of drug-likeness (QED) is 0.772. The molecule has 2 rings (SSSR count). The smallest absolute Gasteiger partial charge is 0.217 e. The van der Waals surface area contributed by atoms with E-state index in [-0.39, 0.29) is 12.9 Å². The van der Waals surface area contributed by atoms with E-state index in [1.807, 2.05) is 27.7 Å². The van der Waals surface area contributed by atoms with Gasteiger partial charge in [-0.25, -0.2) is 0 Å². The molecule has 2 aliphatic carbocycles. The first-order valence-electron chi connectivity index (χ1n) is 6.85. The fraction of sp³-hybridized carbons (Fsp3) is 0.667. The summed E-state index contributed by atoms with van der Waals surface area (Å²) in [6.45, 7) is 11.7. The topological polar surface area (TPSA) is 29.1 Å². The highest BCUT2D eigenvalue weighted by atomic mass is 16.1. The lowest BCUT2D eigenvalue weighted by molar-refractivity contribution is -0.119. The van der Waals surface area contributed by atoms with Gasteiger partial charge in [0.1, 0.15) is 0 Å².